The third-order valence-corrected chi connectivity index (χ3v) is 3.49. The first-order valence-corrected chi connectivity index (χ1v) is 6.36. The van der Waals surface area contributed by atoms with Crippen LogP contribution in [0, 0.1) is 11.3 Å². The molecular formula is C13H7ClN2O2S. The van der Waals surface area contributed by atoms with E-state index in [9.17, 15) is 4.79 Å². The maximum absolute atomic E-state index is 10.9. The molecule has 0 unspecified atom stereocenters. The molecular weight excluding hydrogens is 284 g/mol. The van der Waals surface area contributed by atoms with Crippen LogP contribution in [0.3, 0.4) is 0 Å². The summed E-state index contributed by atoms with van der Waals surface area (Å²) >= 11 is 7.09. The zero-order valence-corrected chi connectivity index (χ0v) is 11.1. The first-order chi connectivity index (χ1) is 9.10. The first kappa shape index (κ1) is 13.4. The van der Waals surface area contributed by atoms with Crippen molar-refractivity contribution in [1.82, 2.24) is 4.98 Å². The second kappa shape index (κ2) is 5.74. The van der Waals surface area contributed by atoms with Gasteiger partial charge in [0.15, 0.2) is 0 Å². The minimum atomic E-state index is -1.02. The van der Waals surface area contributed by atoms with Gasteiger partial charge in [-0.3, -0.25) is 0 Å². The smallest absolute Gasteiger partial charge is 0.335 e. The van der Waals surface area contributed by atoms with Crippen molar-refractivity contribution in [2.75, 3.05) is 0 Å². The molecule has 94 valence electrons. The predicted octanol–water partition coefficient (Wildman–Crippen LogP) is 3.46. The van der Waals surface area contributed by atoms with Crippen molar-refractivity contribution in [3.05, 3.63) is 52.7 Å². The Morgan fingerprint density at radius 2 is 2.16 bits per heavy atom. The van der Waals surface area contributed by atoms with Gasteiger partial charge in [0.05, 0.1) is 11.1 Å². The molecule has 2 aromatic rings. The van der Waals surface area contributed by atoms with E-state index in [-0.39, 0.29) is 5.56 Å². The van der Waals surface area contributed by atoms with Gasteiger partial charge >= 0.3 is 5.97 Å². The summed E-state index contributed by atoms with van der Waals surface area (Å²) in [6, 6.07) is 9.82. The Balaban J connectivity index is 2.36. The molecule has 1 aromatic carbocycles. The van der Waals surface area contributed by atoms with E-state index in [1.807, 2.05) is 0 Å². The molecule has 0 spiro atoms. The van der Waals surface area contributed by atoms with Gasteiger partial charge in [-0.05, 0) is 30.3 Å². The summed E-state index contributed by atoms with van der Waals surface area (Å²) in [5.74, 6) is -1.02. The average Bonchev–Trinajstić information content (AvgIpc) is 2.39. The Morgan fingerprint density at radius 3 is 2.84 bits per heavy atom. The molecule has 0 aliphatic rings. The number of carbonyl (C=O) groups is 1. The number of carboxylic acid groups (broad SMARTS) is 1. The van der Waals surface area contributed by atoms with Gasteiger partial charge in [0.2, 0.25) is 0 Å². The Morgan fingerprint density at radius 1 is 1.37 bits per heavy atom. The summed E-state index contributed by atoms with van der Waals surface area (Å²) < 4.78 is 0. The molecule has 1 heterocycles. The number of nitrogens with zero attached hydrogens (tertiary/aromatic N) is 2. The average molecular weight is 291 g/mol. The maximum Gasteiger partial charge on any atom is 0.335 e. The standard InChI is InChI=1S/C13H7ClN2O2S/c14-10-2-1-9(7-15)11(6-10)19-12-5-8(13(17)18)3-4-16-12/h1-6H,(H,17,18). The molecule has 19 heavy (non-hydrogen) atoms. The van der Waals surface area contributed by atoms with Crippen LogP contribution in [0.5, 0.6) is 0 Å². The molecule has 0 atom stereocenters. The lowest BCUT2D eigenvalue weighted by Crippen LogP contribution is -1.96. The Kier molecular flexibility index (Phi) is 4.05. The molecule has 0 bridgehead atoms. The van der Waals surface area contributed by atoms with Crippen molar-refractivity contribution in [2.24, 2.45) is 0 Å². The highest BCUT2D eigenvalue weighted by Gasteiger charge is 2.09. The third kappa shape index (κ3) is 3.25. The molecule has 0 saturated carbocycles. The van der Waals surface area contributed by atoms with Crippen molar-refractivity contribution in [3.8, 4) is 6.07 Å². The van der Waals surface area contributed by atoms with Crippen molar-refractivity contribution >= 4 is 29.3 Å². The second-order valence-corrected chi connectivity index (χ2v) is 5.04. The van der Waals surface area contributed by atoms with Crippen LogP contribution in [0.4, 0.5) is 0 Å². The number of aromatic carboxylic acids is 1. The second-order valence-electron chi connectivity index (χ2n) is 3.54. The van der Waals surface area contributed by atoms with Gasteiger partial charge in [-0.1, -0.05) is 23.4 Å². The van der Waals surface area contributed by atoms with E-state index in [0.29, 0.717) is 20.5 Å². The van der Waals surface area contributed by atoms with Crippen LogP contribution in [-0.4, -0.2) is 16.1 Å². The number of hydrogen-bond donors (Lipinski definition) is 1. The van der Waals surface area contributed by atoms with Gasteiger partial charge in [0.1, 0.15) is 11.1 Å². The number of carboxylic acids is 1. The lowest BCUT2D eigenvalue weighted by molar-refractivity contribution is 0.0696. The Hall–Kier alpha value is -2.03. The van der Waals surface area contributed by atoms with Crippen molar-refractivity contribution in [2.45, 2.75) is 9.92 Å². The predicted molar refractivity (Wildman–Crippen MR) is 71.5 cm³/mol. The zero-order chi connectivity index (χ0) is 13.8. The van der Waals surface area contributed by atoms with Crippen molar-refractivity contribution < 1.29 is 9.90 Å². The highest BCUT2D eigenvalue weighted by molar-refractivity contribution is 7.99. The number of hydrogen-bond acceptors (Lipinski definition) is 4. The number of benzene rings is 1. The van der Waals surface area contributed by atoms with Crippen LogP contribution in [0.15, 0.2) is 46.5 Å². The molecule has 0 amide bonds. The molecule has 0 radical (unpaired) electrons. The van der Waals surface area contributed by atoms with Crippen molar-refractivity contribution in [3.63, 3.8) is 0 Å². The van der Waals surface area contributed by atoms with Gasteiger partial charge in [-0.2, -0.15) is 5.26 Å². The monoisotopic (exact) mass is 290 g/mol. The lowest BCUT2D eigenvalue weighted by atomic mass is 10.2. The molecule has 0 aliphatic carbocycles. The van der Waals surface area contributed by atoms with Crippen LogP contribution in [-0.2, 0) is 0 Å². The quantitative estimate of drug-likeness (QED) is 0.937. The zero-order valence-electron chi connectivity index (χ0n) is 9.50. The summed E-state index contributed by atoms with van der Waals surface area (Å²) in [5.41, 5.74) is 0.620. The largest absolute Gasteiger partial charge is 0.478 e. The van der Waals surface area contributed by atoms with Gasteiger partial charge in [-0.25, -0.2) is 9.78 Å². The number of aromatic nitrogens is 1. The minimum Gasteiger partial charge on any atom is -0.478 e. The molecule has 0 aliphatic heterocycles. The highest BCUT2D eigenvalue weighted by atomic mass is 35.5. The van der Waals surface area contributed by atoms with Gasteiger partial charge in [0, 0.05) is 16.1 Å². The van der Waals surface area contributed by atoms with Gasteiger partial charge in [-0.15, -0.1) is 0 Å². The fourth-order valence-corrected chi connectivity index (χ4v) is 2.56. The lowest BCUT2D eigenvalue weighted by Gasteiger charge is -2.04. The number of pyridine rings is 1. The van der Waals surface area contributed by atoms with Crippen molar-refractivity contribution in [1.29, 1.82) is 5.26 Å². The van der Waals surface area contributed by atoms with Gasteiger partial charge in [0.25, 0.3) is 0 Å². The van der Waals surface area contributed by atoms with Crippen LogP contribution in [0.2, 0.25) is 5.02 Å². The fraction of sp³-hybridized carbons (Fsp3) is 0. The summed E-state index contributed by atoms with van der Waals surface area (Å²) in [4.78, 5) is 15.6. The fourth-order valence-electron chi connectivity index (χ4n) is 1.38. The summed E-state index contributed by atoms with van der Waals surface area (Å²) in [6.45, 7) is 0. The van der Waals surface area contributed by atoms with E-state index >= 15 is 0 Å². The SMILES string of the molecule is N#Cc1ccc(Cl)cc1Sc1cc(C(=O)O)ccn1. The van der Waals surface area contributed by atoms with Gasteiger partial charge < -0.3 is 5.11 Å². The summed E-state index contributed by atoms with van der Waals surface area (Å²) in [6.07, 6.45) is 1.42. The van der Waals surface area contributed by atoms with E-state index in [2.05, 4.69) is 11.1 Å². The molecule has 2 rings (SSSR count). The Bertz CT molecular complexity index is 683. The molecule has 0 saturated heterocycles. The normalized spacial score (nSPS) is 9.89. The summed E-state index contributed by atoms with van der Waals surface area (Å²) in [5, 5.41) is 18.9. The van der Waals surface area contributed by atoms with E-state index < -0.39 is 5.97 Å². The van der Waals surface area contributed by atoms with Crippen LogP contribution in [0.1, 0.15) is 15.9 Å². The van der Waals surface area contributed by atoms with Crippen LogP contribution < -0.4 is 0 Å². The topological polar surface area (TPSA) is 74.0 Å². The van der Waals surface area contributed by atoms with Crippen LogP contribution in [0.25, 0.3) is 0 Å². The number of rotatable bonds is 3. The molecule has 0 fully saturated rings. The highest BCUT2D eigenvalue weighted by Crippen LogP contribution is 2.31. The number of nitriles is 1. The maximum atomic E-state index is 10.9. The molecule has 1 N–H and O–H groups in total. The Labute approximate surface area is 118 Å². The van der Waals surface area contributed by atoms with E-state index in [0.717, 1.165) is 0 Å². The summed E-state index contributed by atoms with van der Waals surface area (Å²) in [7, 11) is 0. The van der Waals surface area contributed by atoms with E-state index in [1.54, 1.807) is 18.2 Å². The van der Waals surface area contributed by atoms with E-state index in [1.165, 1.54) is 30.1 Å². The molecule has 4 nitrogen and oxygen atoms in total. The first-order valence-electron chi connectivity index (χ1n) is 5.17. The minimum absolute atomic E-state index is 0.151. The third-order valence-electron chi connectivity index (χ3n) is 2.26. The van der Waals surface area contributed by atoms with E-state index in [4.69, 9.17) is 22.0 Å². The molecule has 6 heteroatoms. The van der Waals surface area contributed by atoms with Crippen LogP contribution >= 0.6 is 23.4 Å². The molecule has 1 aromatic heterocycles. The number of halogens is 1.